The Morgan fingerprint density at radius 1 is 0.595 bits per heavy atom. The second kappa shape index (κ2) is 14.2. The summed E-state index contributed by atoms with van der Waals surface area (Å²) in [6.45, 7) is 2.09. The van der Waals surface area contributed by atoms with E-state index in [1.807, 2.05) is 36.7 Å². The zero-order chi connectivity index (χ0) is 29.0. The molecule has 1 N–H and O–H groups in total. The molecule has 0 saturated heterocycles. The van der Waals surface area contributed by atoms with E-state index in [9.17, 15) is 5.11 Å². The lowest BCUT2D eigenvalue weighted by Gasteiger charge is -2.37. The van der Waals surface area contributed by atoms with Crippen LogP contribution in [0.2, 0.25) is 0 Å². The Morgan fingerprint density at radius 3 is 1.36 bits per heavy atom. The molecule has 42 heavy (non-hydrogen) atoms. The fourth-order valence-electron chi connectivity index (χ4n) is 5.58. The molecule has 6 aromatic rings. The second-order valence-corrected chi connectivity index (χ2v) is 10.5. The largest absolute Gasteiger partial charge is 0.393 e. The van der Waals surface area contributed by atoms with Gasteiger partial charge in [0, 0.05) is 12.6 Å². The van der Waals surface area contributed by atoms with E-state index in [4.69, 9.17) is 0 Å². The average molecular weight is 551 g/mol. The second-order valence-electron chi connectivity index (χ2n) is 10.5. The molecule has 0 spiro atoms. The van der Waals surface area contributed by atoms with Crippen molar-refractivity contribution in [3.05, 3.63) is 187 Å². The number of aromatic nitrogens is 2. The number of nitrogens with zero attached hydrogens (tertiary/aromatic N) is 2. The maximum Gasteiger partial charge on any atom is 0.121 e. The molecule has 0 aliphatic heterocycles. The first kappa shape index (κ1) is 28.8. The fourth-order valence-corrected chi connectivity index (χ4v) is 5.58. The monoisotopic (exact) mass is 550 g/mol. The lowest BCUT2D eigenvalue weighted by molar-refractivity contribution is 0.163. The topological polar surface area (TPSA) is 38.0 Å². The Balaban J connectivity index is 0.000000244. The molecular formula is C39H38N2O. The van der Waals surface area contributed by atoms with Crippen molar-refractivity contribution >= 4 is 0 Å². The van der Waals surface area contributed by atoms with Crippen LogP contribution in [-0.4, -0.2) is 20.8 Å². The summed E-state index contributed by atoms with van der Waals surface area (Å²) in [5, 5.41) is 10.3. The molecule has 6 rings (SSSR count). The highest BCUT2D eigenvalue weighted by Gasteiger charge is 2.38. The van der Waals surface area contributed by atoms with Crippen LogP contribution in [-0.2, 0) is 12.0 Å². The molecule has 1 atom stereocenters. The van der Waals surface area contributed by atoms with Gasteiger partial charge in [0.2, 0.25) is 0 Å². The molecule has 1 unspecified atom stereocenters. The first-order valence-electron chi connectivity index (χ1n) is 14.7. The maximum absolute atomic E-state index is 10.3. The first-order valence-corrected chi connectivity index (χ1v) is 14.7. The van der Waals surface area contributed by atoms with Crippen LogP contribution < -0.4 is 0 Å². The van der Waals surface area contributed by atoms with E-state index in [2.05, 4.69) is 144 Å². The number of rotatable bonds is 9. The van der Waals surface area contributed by atoms with Crippen LogP contribution in [0.3, 0.4) is 0 Å². The van der Waals surface area contributed by atoms with Gasteiger partial charge in [-0.05, 0) is 34.2 Å². The standard InChI is InChI=1S/C27H28N2O.C12H10/c1-2-12-26(30)19-25-20-29(21-28-25)27(22-13-6-3-7-14-22,23-15-8-4-9-16-23)24-17-10-5-11-18-24;1-3-7-11(8-4-1)12-9-5-2-6-10-12/h3-11,13-18,20-21,26,30H,2,12,19H2,1H3;1-10H. The molecule has 0 amide bonds. The van der Waals surface area contributed by atoms with Crippen molar-refractivity contribution in [3.63, 3.8) is 0 Å². The Bertz CT molecular complexity index is 1460. The minimum absolute atomic E-state index is 0.363. The smallest absolute Gasteiger partial charge is 0.121 e. The lowest BCUT2D eigenvalue weighted by Crippen LogP contribution is -2.37. The third-order valence-electron chi connectivity index (χ3n) is 7.55. The zero-order valence-electron chi connectivity index (χ0n) is 24.1. The van der Waals surface area contributed by atoms with Crippen molar-refractivity contribution < 1.29 is 5.11 Å². The van der Waals surface area contributed by atoms with E-state index in [0.717, 1.165) is 18.5 Å². The van der Waals surface area contributed by atoms with Gasteiger partial charge in [-0.25, -0.2) is 4.98 Å². The van der Waals surface area contributed by atoms with Crippen LogP contribution in [0, 0.1) is 0 Å². The van der Waals surface area contributed by atoms with Gasteiger partial charge in [-0.15, -0.1) is 0 Å². The summed E-state index contributed by atoms with van der Waals surface area (Å²) >= 11 is 0. The minimum atomic E-state index is -0.551. The quantitative estimate of drug-likeness (QED) is 0.183. The molecule has 0 bridgehead atoms. The SMILES string of the molecule is CCCC(O)Cc1cn(C(c2ccccc2)(c2ccccc2)c2ccccc2)cn1.c1ccc(-c2ccccc2)cc1. The summed E-state index contributed by atoms with van der Waals surface area (Å²) in [7, 11) is 0. The van der Waals surface area contributed by atoms with Crippen molar-refractivity contribution in [3.8, 4) is 11.1 Å². The summed E-state index contributed by atoms with van der Waals surface area (Å²) in [6.07, 6.45) is 5.94. The van der Waals surface area contributed by atoms with E-state index < -0.39 is 5.54 Å². The Labute approximate surface area is 249 Å². The maximum atomic E-state index is 10.3. The normalized spacial score (nSPS) is 11.8. The third-order valence-corrected chi connectivity index (χ3v) is 7.55. The number of benzene rings is 5. The first-order chi connectivity index (χ1) is 20.7. The predicted molar refractivity (Wildman–Crippen MR) is 173 cm³/mol. The molecule has 3 nitrogen and oxygen atoms in total. The van der Waals surface area contributed by atoms with Crippen molar-refractivity contribution in [2.75, 3.05) is 0 Å². The van der Waals surface area contributed by atoms with Gasteiger partial charge in [-0.3, -0.25) is 0 Å². The molecule has 0 aliphatic carbocycles. The van der Waals surface area contributed by atoms with Crippen molar-refractivity contribution in [1.29, 1.82) is 0 Å². The van der Waals surface area contributed by atoms with Crippen LogP contribution in [0.5, 0.6) is 0 Å². The number of hydrogen-bond acceptors (Lipinski definition) is 2. The lowest BCUT2D eigenvalue weighted by atomic mass is 9.77. The molecule has 5 aromatic carbocycles. The van der Waals surface area contributed by atoms with Gasteiger partial charge >= 0.3 is 0 Å². The highest BCUT2D eigenvalue weighted by atomic mass is 16.3. The Kier molecular flexibility index (Phi) is 9.77. The molecule has 0 aliphatic rings. The summed E-state index contributed by atoms with van der Waals surface area (Å²) in [5.41, 5.74) is 6.41. The van der Waals surface area contributed by atoms with Gasteiger partial charge in [0.05, 0.1) is 18.1 Å². The van der Waals surface area contributed by atoms with Crippen LogP contribution in [0.1, 0.15) is 42.1 Å². The van der Waals surface area contributed by atoms with E-state index in [1.165, 1.54) is 27.8 Å². The van der Waals surface area contributed by atoms with Crippen LogP contribution in [0.25, 0.3) is 11.1 Å². The van der Waals surface area contributed by atoms with Gasteiger partial charge in [-0.2, -0.15) is 0 Å². The van der Waals surface area contributed by atoms with Crippen molar-refractivity contribution in [2.45, 2.75) is 37.8 Å². The number of hydrogen-bond donors (Lipinski definition) is 1. The Hall–Kier alpha value is -4.73. The van der Waals surface area contributed by atoms with Gasteiger partial charge in [-0.1, -0.05) is 165 Å². The van der Waals surface area contributed by atoms with Gasteiger partial charge in [0.1, 0.15) is 5.54 Å². The summed E-state index contributed by atoms with van der Waals surface area (Å²) < 4.78 is 2.20. The minimum Gasteiger partial charge on any atom is -0.393 e. The molecule has 1 aromatic heterocycles. The highest BCUT2D eigenvalue weighted by Crippen LogP contribution is 2.40. The molecule has 0 radical (unpaired) electrons. The molecule has 0 saturated carbocycles. The van der Waals surface area contributed by atoms with Gasteiger partial charge in [0.15, 0.2) is 0 Å². The van der Waals surface area contributed by atoms with E-state index in [0.29, 0.717) is 6.42 Å². The van der Waals surface area contributed by atoms with E-state index in [-0.39, 0.29) is 6.10 Å². The van der Waals surface area contributed by atoms with E-state index in [1.54, 1.807) is 0 Å². The van der Waals surface area contributed by atoms with Crippen LogP contribution >= 0.6 is 0 Å². The number of aliphatic hydroxyl groups is 1. The molecule has 3 heteroatoms. The van der Waals surface area contributed by atoms with Crippen LogP contribution in [0.4, 0.5) is 0 Å². The van der Waals surface area contributed by atoms with Crippen molar-refractivity contribution in [1.82, 2.24) is 9.55 Å². The molecule has 210 valence electrons. The molecular weight excluding hydrogens is 512 g/mol. The molecule has 1 heterocycles. The number of imidazole rings is 1. The van der Waals surface area contributed by atoms with Gasteiger partial charge in [0.25, 0.3) is 0 Å². The van der Waals surface area contributed by atoms with Crippen molar-refractivity contribution in [2.24, 2.45) is 0 Å². The average Bonchev–Trinajstić information content (AvgIpc) is 3.52. The molecule has 0 fully saturated rings. The van der Waals surface area contributed by atoms with E-state index >= 15 is 0 Å². The zero-order valence-corrected chi connectivity index (χ0v) is 24.1. The fraction of sp³-hybridized carbons (Fsp3) is 0.154. The summed E-state index contributed by atoms with van der Waals surface area (Å²) in [4.78, 5) is 4.68. The predicted octanol–water partition coefficient (Wildman–Crippen LogP) is 8.78. The summed E-state index contributed by atoms with van der Waals surface area (Å²) in [5.74, 6) is 0. The Morgan fingerprint density at radius 2 is 0.976 bits per heavy atom. The highest BCUT2D eigenvalue weighted by molar-refractivity contribution is 5.62. The van der Waals surface area contributed by atoms with Crippen LogP contribution in [0.15, 0.2) is 164 Å². The van der Waals surface area contributed by atoms with Gasteiger partial charge < -0.3 is 9.67 Å². The summed E-state index contributed by atoms with van der Waals surface area (Å²) in [6, 6.07) is 52.4. The number of aliphatic hydroxyl groups excluding tert-OH is 1. The third kappa shape index (κ3) is 6.59.